The van der Waals surface area contributed by atoms with Gasteiger partial charge in [-0.05, 0) is 74.5 Å². The molecule has 2 amide bonds. The molecule has 0 saturated heterocycles. The first-order valence-corrected chi connectivity index (χ1v) is 16.1. The molecular weight excluding hydrogens is 536 g/mol. The number of rotatable bonds is 25. The number of carbonyl (C=O) groups excluding carboxylic acids is 2. The Morgan fingerprint density at radius 3 is 1.65 bits per heavy atom. The molecule has 40 heavy (non-hydrogen) atoms. The number of unbranched alkanes of at least 4 members (excludes halogenated alkanes) is 3. The number of amides is 2. The van der Waals surface area contributed by atoms with Gasteiger partial charge >= 0.3 is 0 Å². The van der Waals surface area contributed by atoms with Crippen LogP contribution in [0.2, 0.25) is 0 Å². The minimum atomic E-state index is -0.176. The van der Waals surface area contributed by atoms with Crippen LogP contribution in [0.15, 0.2) is 0 Å². The summed E-state index contributed by atoms with van der Waals surface area (Å²) in [5.74, 6) is 3.35. The summed E-state index contributed by atoms with van der Waals surface area (Å²) in [6, 6.07) is 0. The third kappa shape index (κ3) is 13.8. The molecule has 0 spiro atoms. The van der Waals surface area contributed by atoms with E-state index in [2.05, 4.69) is 10.6 Å². The fraction of sp³-hybridized carbons (Fsp3) is 0.933. The molecule has 4 aliphatic rings. The summed E-state index contributed by atoms with van der Waals surface area (Å²) in [6.07, 6.45) is 13.1. The molecule has 4 bridgehead atoms. The highest BCUT2D eigenvalue weighted by molar-refractivity contribution is 6.17. The highest BCUT2D eigenvalue weighted by Gasteiger charge is 2.51. The summed E-state index contributed by atoms with van der Waals surface area (Å²) < 4.78 is 27.3. The van der Waals surface area contributed by atoms with Crippen LogP contribution in [0.3, 0.4) is 0 Å². The van der Waals surface area contributed by atoms with Gasteiger partial charge in [-0.15, -0.1) is 11.6 Å². The lowest BCUT2D eigenvalue weighted by Crippen LogP contribution is -2.48. The van der Waals surface area contributed by atoms with Crippen LogP contribution in [-0.4, -0.2) is 96.9 Å². The molecular formula is C30H53ClN2O7. The van der Waals surface area contributed by atoms with E-state index in [1.165, 1.54) is 38.5 Å². The molecule has 0 aliphatic heterocycles. The standard InChI is InChI=1S/C30H53ClN2O7/c31-5-3-1-2-4-8-36-11-12-38-10-7-33-29(35)24-40-16-15-39-14-13-37-9-6-32-28(34)23-30-20-25-17-26(21-30)19-27(18-25)22-30/h25-27H,1-24H2,(H,32,34)(H,33,35). The maximum absolute atomic E-state index is 12.5. The summed E-state index contributed by atoms with van der Waals surface area (Å²) >= 11 is 5.65. The van der Waals surface area contributed by atoms with E-state index in [1.807, 2.05) is 0 Å². The fourth-order valence-corrected chi connectivity index (χ4v) is 7.25. The van der Waals surface area contributed by atoms with Gasteiger partial charge in [0.2, 0.25) is 11.8 Å². The molecule has 0 aromatic rings. The van der Waals surface area contributed by atoms with Crippen LogP contribution in [0.1, 0.15) is 70.6 Å². The van der Waals surface area contributed by atoms with Crippen LogP contribution in [0, 0.1) is 23.2 Å². The summed E-state index contributed by atoms with van der Waals surface area (Å²) in [7, 11) is 0. The van der Waals surface area contributed by atoms with Crippen molar-refractivity contribution in [3.8, 4) is 0 Å². The van der Waals surface area contributed by atoms with E-state index in [4.69, 9.17) is 35.3 Å². The normalized spacial score (nSPS) is 24.9. The van der Waals surface area contributed by atoms with Crippen molar-refractivity contribution in [1.29, 1.82) is 0 Å². The molecule has 4 rings (SSSR count). The smallest absolute Gasteiger partial charge is 0.246 e. The molecule has 0 aromatic heterocycles. The van der Waals surface area contributed by atoms with E-state index in [9.17, 15) is 9.59 Å². The minimum Gasteiger partial charge on any atom is -0.379 e. The summed E-state index contributed by atoms with van der Waals surface area (Å²) in [5.41, 5.74) is 0.282. The van der Waals surface area contributed by atoms with Crippen molar-refractivity contribution >= 4 is 23.4 Å². The molecule has 4 aliphatic carbocycles. The lowest BCUT2D eigenvalue weighted by atomic mass is 9.49. The number of hydrogen-bond acceptors (Lipinski definition) is 7. The molecule has 9 nitrogen and oxygen atoms in total. The maximum atomic E-state index is 12.5. The first-order valence-electron chi connectivity index (χ1n) is 15.6. The summed E-state index contributed by atoms with van der Waals surface area (Å²) in [6.45, 7) is 5.39. The lowest BCUT2D eigenvalue weighted by molar-refractivity contribution is -0.129. The number of hydrogen-bond donors (Lipinski definition) is 2. The van der Waals surface area contributed by atoms with E-state index in [-0.39, 0.29) is 23.8 Å². The first-order chi connectivity index (χ1) is 19.6. The van der Waals surface area contributed by atoms with Crippen LogP contribution in [0.25, 0.3) is 0 Å². The lowest BCUT2D eigenvalue weighted by Gasteiger charge is -2.56. The van der Waals surface area contributed by atoms with Crippen molar-refractivity contribution in [2.45, 2.75) is 70.6 Å². The van der Waals surface area contributed by atoms with Crippen LogP contribution in [-0.2, 0) is 33.3 Å². The topological polar surface area (TPSA) is 104 Å². The summed E-state index contributed by atoms with van der Waals surface area (Å²) in [5, 5.41) is 5.80. The fourth-order valence-electron chi connectivity index (χ4n) is 7.06. The Morgan fingerprint density at radius 2 is 1.07 bits per heavy atom. The van der Waals surface area contributed by atoms with E-state index in [0.717, 1.165) is 55.9 Å². The largest absolute Gasteiger partial charge is 0.379 e. The average molecular weight is 589 g/mol. The second kappa shape index (κ2) is 20.0. The zero-order valence-electron chi connectivity index (χ0n) is 24.4. The quantitative estimate of drug-likeness (QED) is 0.124. The Balaban J connectivity index is 1.01. The zero-order valence-corrected chi connectivity index (χ0v) is 25.2. The van der Waals surface area contributed by atoms with Crippen LogP contribution in [0.4, 0.5) is 0 Å². The molecule has 0 radical (unpaired) electrons. The number of ether oxygens (including phenoxy) is 5. The van der Waals surface area contributed by atoms with Gasteiger partial charge in [-0.25, -0.2) is 0 Å². The van der Waals surface area contributed by atoms with Crippen molar-refractivity contribution in [2.75, 3.05) is 85.0 Å². The number of nitrogens with one attached hydrogen (secondary N) is 2. The number of halogens is 1. The second-order valence-electron chi connectivity index (χ2n) is 11.9. The summed E-state index contributed by atoms with van der Waals surface area (Å²) in [4.78, 5) is 24.3. The Labute approximate surface area is 246 Å². The van der Waals surface area contributed by atoms with Crippen molar-refractivity contribution < 1.29 is 33.3 Å². The zero-order chi connectivity index (χ0) is 28.3. The second-order valence-corrected chi connectivity index (χ2v) is 12.3. The van der Waals surface area contributed by atoms with E-state index >= 15 is 0 Å². The average Bonchev–Trinajstić information content (AvgIpc) is 2.91. The molecule has 2 N–H and O–H groups in total. The van der Waals surface area contributed by atoms with Crippen molar-refractivity contribution in [2.24, 2.45) is 23.2 Å². The molecule has 10 heteroatoms. The van der Waals surface area contributed by atoms with Crippen molar-refractivity contribution in [3.63, 3.8) is 0 Å². The van der Waals surface area contributed by atoms with Gasteiger partial charge in [0, 0.05) is 32.0 Å². The van der Waals surface area contributed by atoms with E-state index in [0.29, 0.717) is 72.4 Å². The molecule has 4 saturated carbocycles. The monoisotopic (exact) mass is 588 g/mol. The van der Waals surface area contributed by atoms with Gasteiger partial charge in [0.15, 0.2) is 0 Å². The van der Waals surface area contributed by atoms with Crippen LogP contribution >= 0.6 is 11.6 Å². The Kier molecular flexibility index (Phi) is 16.8. The van der Waals surface area contributed by atoms with Gasteiger partial charge in [0.25, 0.3) is 0 Å². The minimum absolute atomic E-state index is 0.00432. The molecule has 232 valence electrons. The Morgan fingerprint density at radius 1 is 0.600 bits per heavy atom. The third-order valence-corrected chi connectivity index (χ3v) is 8.63. The molecule has 4 fully saturated rings. The SMILES string of the molecule is O=C(COCCOCCOCCNC(=O)CC12CC3CC(CC(C3)C1)C2)NCCOCCOCCCCCCCl. The number of alkyl halides is 1. The van der Waals surface area contributed by atoms with Gasteiger partial charge in [-0.3, -0.25) is 9.59 Å². The van der Waals surface area contributed by atoms with Gasteiger partial charge in [-0.2, -0.15) is 0 Å². The van der Waals surface area contributed by atoms with Gasteiger partial charge in [0.1, 0.15) is 6.61 Å². The highest BCUT2D eigenvalue weighted by atomic mass is 35.5. The maximum Gasteiger partial charge on any atom is 0.246 e. The predicted octanol–water partition coefficient (Wildman–Crippen LogP) is 3.71. The molecule has 0 unspecified atom stereocenters. The van der Waals surface area contributed by atoms with Gasteiger partial charge in [0.05, 0.1) is 52.9 Å². The highest BCUT2D eigenvalue weighted by Crippen LogP contribution is 2.61. The third-order valence-electron chi connectivity index (χ3n) is 8.36. The van der Waals surface area contributed by atoms with E-state index < -0.39 is 0 Å². The Hall–Kier alpha value is -0.970. The first kappa shape index (κ1) is 33.5. The molecule has 0 aromatic carbocycles. The Bertz CT molecular complexity index is 676. The van der Waals surface area contributed by atoms with Crippen molar-refractivity contribution in [3.05, 3.63) is 0 Å². The predicted molar refractivity (Wildman–Crippen MR) is 155 cm³/mol. The van der Waals surface area contributed by atoms with Gasteiger partial charge < -0.3 is 34.3 Å². The van der Waals surface area contributed by atoms with E-state index in [1.54, 1.807) is 0 Å². The van der Waals surface area contributed by atoms with Crippen molar-refractivity contribution in [1.82, 2.24) is 10.6 Å². The molecule has 0 heterocycles. The van der Waals surface area contributed by atoms with Gasteiger partial charge in [-0.1, -0.05) is 12.8 Å². The molecule has 0 atom stereocenters. The number of carbonyl (C=O) groups is 2. The van der Waals surface area contributed by atoms with Crippen LogP contribution in [0.5, 0.6) is 0 Å². The van der Waals surface area contributed by atoms with Crippen LogP contribution < -0.4 is 10.6 Å².